The fraction of sp³-hybridized carbons (Fsp3) is 0.481. The summed E-state index contributed by atoms with van der Waals surface area (Å²) in [5.74, 6) is 0.656. The van der Waals surface area contributed by atoms with Crippen molar-refractivity contribution in [3.8, 4) is 0 Å². The summed E-state index contributed by atoms with van der Waals surface area (Å²) in [7, 11) is 0. The molecule has 0 saturated heterocycles. The monoisotopic (exact) mass is 418 g/mol. The molecule has 0 aliphatic heterocycles. The molecule has 164 valence electrons. The van der Waals surface area contributed by atoms with Gasteiger partial charge in [-0.1, -0.05) is 42.9 Å². The molecule has 0 radical (unpaired) electrons. The van der Waals surface area contributed by atoms with Gasteiger partial charge in [0.2, 0.25) is 0 Å². The smallest absolute Gasteiger partial charge is 0.0933 e. The highest BCUT2D eigenvalue weighted by atomic mass is 16.3. The molecule has 6 N–H and O–H groups in total. The van der Waals surface area contributed by atoms with Crippen molar-refractivity contribution in [2.45, 2.75) is 63.6 Å². The van der Waals surface area contributed by atoms with Crippen LogP contribution in [0.3, 0.4) is 0 Å². The minimum absolute atomic E-state index is 0.122. The van der Waals surface area contributed by atoms with Crippen molar-refractivity contribution < 1.29 is 10.2 Å². The third-order valence-electron chi connectivity index (χ3n) is 8.50. The number of fused-ring (bicyclic) bond motifs is 4. The lowest BCUT2D eigenvalue weighted by atomic mass is 9.58. The van der Waals surface area contributed by atoms with Crippen LogP contribution in [0.25, 0.3) is 11.6 Å². The fourth-order valence-electron chi connectivity index (χ4n) is 6.76. The van der Waals surface area contributed by atoms with E-state index in [1.807, 2.05) is 18.2 Å². The Labute approximate surface area is 185 Å². The number of hydrogen-bond acceptors (Lipinski definition) is 4. The van der Waals surface area contributed by atoms with Crippen molar-refractivity contribution in [1.29, 1.82) is 0 Å². The molecule has 0 amide bonds. The SMILES string of the molecule is CC12CC=C3C=C4CC(O)CCC4CC[C@]3(O)C1CC=C2c1ccc(/C=C\N)c(N)c1. The van der Waals surface area contributed by atoms with E-state index in [2.05, 4.69) is 31.2 Å². The van der Waals surface area contributed by atoms with E-state index in [0.717, 1.165) is 67.3 Å². The summed E-state index contributed by atoms with van der Waals surface area (Å²) in [5, 5.41) is 22.3. The summed E-state index contributed by atoms with van der Waals surface area (Å²) >= 11 is 0. The summed E-state index contributed by atoms with van der Waals surface area (Å²) in [6.07, 6.45) is 16.2. The summed E-state index contributed by atoms with van der Waals surface area (Å²) in [6.45, 7) is 2.31. The molecule has 0 bridgehead atoms. The molecule has 0 spiro atoms. The maximum absolute atomic E-state index is 12.1. The van der Waals surface area contributed by atoms with Gasteiger partial charge in [-0.3, -0.25) is 0 Å². The second-order valence-corrected chi connectivity index (χ2v) is 10.2. The van der Waals surface area contributed by atoms with Gasteiger partial charge >= 0.3 is 0 Å². The Bertz CT molecular complexity index is 1020. The van der Waals surface area contributed by atoms with Gasteiger partial charge in [0.25, 0.3) is 0 Å². The molecular weight excluding hydrogens is 384 g/mol. The van der Waals surface area contributed by atoms with Gasteiger partial charge in [-0.05, 0) is 91.5 Å². The molecule has 4 aliphatic carbocycles. The zero-order valence-electron chi connectivity index (χ0n) is 18.3. The zero-order valence-corrected chi connectivity index (χ0v) is 18.3. The molecule has 0 aromatic heterocycles. The van der Waals surface area contributed by atoms with E-state index in [0.29, 0.717) is 5.92 Å². The fourth-order valence-corrected chi connectivity index (χ4v) is 6.76. The van der Waals surface area contributed by atoms with E-state index in [4.69, 9.17) is 11.5 Å². The van der Waals surface area contributed by atoms with Gasteiger partial charge in [-0.15, -0.1) is 0 Å². The molecule has 5 atom stereocenters. The van der Waals surface area contributed by atoms with Gasteiger partial charge in [-0.2, -0.15) is 0 Å². The van der Waals surface area contributed by atoms with Crippen LogP contribution in [0.4, 0.5) is 5.69 Å². The van der Waals surface area contributed by atoms with Crippen molar-refractivity contribution in [3.63, 3.8) is 0 Å². The molecule has 4 heteroatoms. The summed E-state index contributed by atoms with van der Waals surface area (Å²) in [6, 6.07) is 6.19. The van der Waals surface area contributed by atoms with Crippen molar-refractivity contribution in [2.75, 3.05) is 5.73 Å². The number of aliphatic hydroxyl groups is 2. The highest BCUT2D eigenvalue weighted by Crippen LogP contribution is 2.61. The van der Waals surface area contributed by atoms with Gasteiger partial charge in [-0.25, -0.2) is 0 Å². The predicted molar refractivity (Wildman–Crippen MR) is 127 cm³/mol. The average molecular weight is 419 g/mol. The first-order valence-corrected chi connectivity index (χ1v) is 11.7. The molecule has 1 fully saturated rings. The third kappa shape index (κ3) is 3.19. The van der Waals surface area contributed by atoms with Crippen LogP contribution in [0.15, 0.2) is 53.8 Å². The van der Waals surface area contributed by atoms with Crippen LogP contribution in [0, 0.1) is 17.3 Å². The van der Waals surface area contributed by atoms with E-state index in [-0.39, 0.29) is 17.4 Å². The molecule has 0 heterocycles. The molecule has 1 aromatic rings. The van der Waals surface area contributed by atoms with Crippen LogP contribution < -0.4 is 11.5 Å². The maximum atomic E-state index is 12.1. The lowest BCUT2D eigenvalue weighted by Crippen LogP contribution is -2.48. The number of benzene rings is 1. The largest absolute Gasteiger partial charge is 0.405 e. The lowest BCUT2D eigenvalue weighted by Gasteiger charge is -2.48. The van der Waals surface area contributed by atoms with Crippen LogP contribution in [0.1, 0.15) is 63.0 Å². The van der Waals surface area contributed by atoms with Crippen molar-refractivity contribution in [1.82, 2.24) is 0 Å². The van der Waals surface area contributed by atoms with E-state index < -0.39 is 5.60 Å². The number of allylic oxidation sites excluding steroid dienone is 3. The third-order valence-corrected chi connectivity index (χ3v) is 8.50. The van der Waals surface area contributed by atoms with Crippen LogP contribution in [0.5, 0.6) is 0 Å². The first kappa shape index (κ1) is 20.6. The van der Waals surface area contributed by atoms with Gasteiger partial charge in [0.05, 0.1) is 11.7 Å². The first-order valence-electron chi connectivity index (χ1n) is 11.7. The number of hydrogen-bond donors (Lipinski definition) is 4. The molecule has 1 aromatic carbocycles. The normalized spacial score (nSPS) is 37.3. The van der Waals surface area contributed by atoms with Gasteiger partial charge in [0.15, 0.2) is 0 Å². The molecule has 5 rings (SSSR count). The zero-order chi connectivity index (χ0) is 21.8. The van der Waals surface area contributed by atoms with Gasteiger partial charge in [0, 0.05) is 17.0 Å². The number of aliphatic hydroxyl groups excluding tert-OH is 1. The predicted octanol–water partition coefficient (Wildman–Crippen LogP) is 4.55. The van der Waals surface area contributed by atoms with Crippen LogP contribution in [-0.4, -0.2) is 21.9 Å². The van der Waals surface area contributed by atoms with E-state index in [9.17, 15) is 10.2 Å². The lowest BCUT2D eigenvalue weighted by molar-refractivity contribution is -0.0330. The molecule has 31 heavy (non-hydrogen) atoms. The molecule has 4 aliphatic rings. The number of rotatable bonds is 2. The number of anilines is 1. The van der Waals surface area contributed by atoms with E-state index in [1.54, 1.807) is 0 Å². The molecular formula is C27H34N2O2. The Morgan fingerprint density at radius 2 is 2.00 bits per heavy atom. The number of nitrogens with two attached hydrogens (primary N) is 2. The Morgan fingerprint density at radius 3 is 2.77 bits per heavy atom. The van der Waals surface area contributed by atoms with E-state index >= 15 is 0 Å². The topological polar surface area (TPSA) is 92.5 Å². The highest BCUT2D eigenvalue weighted by Gasteiger charge is 2.55. The van der Waals surface area contributed by atoms with E-state index in [1.165, 1.54) is 17.3 Å². The van der Waals surface area contributed by atoms with Crippen LogP contribution >= 0.6 is 0 Å². The maximum Gasteiger partial charge on any atom is 0.0933 e. The Kier molecular flexibility index (Phi) is 4.91. The van der Waals surface area contributed by atoms with Crippen molar-refractivity contribution in [3.05, 3.63) is 64.9 Å². The van der Waals surface area contributed by atoms with Gasteiger partial charge < -0.3 is 21.7 Å². The molecule has 4 unspecified atom stereocenters. The molecule has 4 nitrogen and oxygen atoms in total. The van der Waals surface area contributed by atoms with Gasteiger partial charge in [0.1, 0.15) is 0 Å². The summed E-state index contributed by atoms with van der Waals surface area (Å²) < 4.78 is 0. The minimum Gasteiger partial charge on any atom is -0.405 e. The summed E-state index contributed by atoms with van der Waals surface area (Å²) in [4.78, 5) is 0. The second kappa shape index (κ2) is 7.39. The molecule has 1 saturated carbocycles. The Balaban J connectivity index is 1.50. The quantitative estimate of drug-likeness (QED) is 0.530. The average Bonchev–Trinajstić information content (AvgIpc) is 3.02. The Morgan fingerprint density at radius 1 is 1.16 bits per heavy atom. The van der Waals surface area contributed by atoms with Crippen LogP contribution in [-0.2, 0) is 0 Å². The standard InChI is InChI=1S/C27H34N2O2/c1-26-11-9-21-14-20-15-22(30)5-4-17(20)8-12-27(21,31)25(26)7-6-23(26)19-3-2-18(10-13-28)24(29)16-19/h2-3,6,9-10,13-14,16-17,22,25,30-31H,4-5,7-8,11-12,15,28-29H2,1H3/b13-10-/t17?,22?,25?,26?,27-/m1/s1. The number of nitrogen functional groups attached to an aromatic ring is 1. The Hall–Kier alpha value is -2.30. The van der Waals surface area contributed by atoms with Crippen molar-refractivity contribution in [2.24, 2.45) is 23.0 Å². The summed E-state index contributed by atoms with van der Waals surface area (Å²) in [5.41, 5.74) is 17.4. The van der Waals surface area contributed by atoms with Crippen LogP contribution in [0.2, 0.25) is 0 Å². The highest BCUT2D eigenvalue weighted by molar-refractivity contribution is 5.78. The van der Waals surface area contributed by atoms with Crippen molar-refractivity contribution >= 4 is 17.3 Å². The minimum atomic E-state index is -0.811. The second-order valence-electron chi connectivity index (χ2n) is 10.2. The first-order chi connectivity index (χ1) is 14.8.